The first-order chi connectivity index (χ1) is 13.4. The second-order valence-corrected chi connectivity index (χ2v) is 7.94. The molecule has 0 bridgehead atoms. The third kappa shape index (κ3) is 4.98. The molecule has 148 valence electrons. The molecule has 28 heavy (non-hydrogen) atoms. The molecule has 0 unspecified atom stereocenters. The quantitative estimate of drug-likeness (QED) is 0.583. The number of anilines is 2. The highest BCUT2D eigenvalue weighted by molar-refractivity contribution is 7.15. The van der Waals surface area contributed by atoms with Crippen molar-refractivity contribution in [3.63, 3.8) is 0 Å². The minimum atomic E-state index is -0.947. The monoisotopic (exact) mass is 400 g/mol. The van der Waals surface area contributed by atoms with Gasteiger partial charge in [-0.2, -0.15) is 0 Å². The van der Waals surface area contributed by atoms with Crippen molar-refractivity contribution in [2.45, 2.75) is 39.2 Å². The molecule has 0 aliphatic carbocycles. The van der Waals surface area contributed by atoms with Crippen LogP contribution in [0.25, 0.3) is 0 Å². The molecule has 1 amide bonds. The Labute approximate surface area is 168 Å². The maximum absolute atomic E-state index is 12.3. The minimum Gasteiger partial charge on any atom is -0.448 e. The van der Waals surface area contributed by atoms with Crippen molar-refractivity contribution in [2.24, 2.45) is 0 Å². The molecule has 1 aliphatic heterocycles. The number of nitrogens with zero attached hydrogens (tertiary/aromatic N) is 1. The predicted octanol–water partition coefficient (Wildman–Crippen LogP) is 4.13. The van der Waals surface area contributed by atoms with Crippen LogP contribution in [0.15, 0.2) is 36.4 Å². The van der Waals surface area contributed by atoms with Crippen LogP contribution in [0.3, 0.4) is 0 Å². The lowest BCUT2D eigenvalue weighted by Crippen LogP contribution is -2.30. The molecule has 1 saturated heterocycles. The second-order valence-electron chi connectivity index (χ2n) is 6.85. The summed E-state index contributed by atoms with van der Waals surface area (Å²) in [4.78, 5) is 38.9. The molecule has 0 spiro atoms. The van der Waals surface area contributed by atoms with Gasteiger partial charge in [0.1, 0.15) is 4.88 Å². The number of hydrogen-bond donors (Lipinski definition) is 1. The van der Waals surface area contributed by atoms with E-state index in [0.29, 0.717) is 15.4 Å². The van der Waals surface area contributed by atoms with E-state index in [9.17, 15) is 14.4 Å². The third-order valence-electron chi connectivity index (χ3n) is 4.66. The molecule has 1 aromatic heterocycles. The van der Waals surface area contributed by atoms with Crippen molar-refractivity contribution in [3.05, 3.63) is 46.2 Å². The van der Waals surface area contributed by atoms with Gasteiger partial charge in [-0.15, -0.1) is 11.3 Å². The van der Waals surface area contributed by atoms with E-state index in [1.54, 1.807) is 6.07 Å². The first-order valence-corrected chi connectivity index (χ1v) is 10.2. The summed E-state index contributed by atoms with van der Waals surface area (Å²) < 4.78 is 5.22. The number of esters is 1. The first-order valence-electron chi connectivity index (χ1n) is 9.41. The number of carbonyl (C=O) groups is 3. The summed E-state index contributed by atoms with van der Waals surface area (Å²) in [6.45, 7) is 5.09. The molecule has 0 saturated carbocycles. The zero-order valence-electron chi connectivity index (χ0n) is 16.1. The van der Waals surface area contributed by atoms with Gasteiger partial charge in [-0.05, 0) is 69.5 Å². The zero-order valence-corrected chi connectivity index (χ0v) is 16.9. The largest absolute Gasteiger partial charge is 0.448 e. The highest BCUT2D eigenvalue weighted by atomic mass is 32.1. The smallest absolute Gasteiger partial charge is 0.349 e. The summed E-state index contributed by atoms with van der Waals surface area (Å²) >= 11 is 1.06. The number of ether oxygens (including phenoxy) is 1. The number of thiophene rings is 1. The topological polar surface area (TPSA) is 75.7 Å². The number of rotatable bonds is 6. The van der Waals surface area contributed by atoms with Gasteiger partial charge in [-0.3, -0.25) is 9.59 Å². The fourth-order valence-electron chi connectivity index (χ4n) is 3.06. The summed E-state index contributed by atoms with van der Waals surface area (Å²) in [5.74, 6) is -1.12. The summed E-state index contributed by atoms with van der Waals surface area (Å²) in [7, 11) is 0. The Morgan fingerprint density at radius 2 is 1.64 bits per heavy atom. The number of carbonyl (C=O) groups excluding carboxylic acids is 3. The third-order valence-corrected chi connectivity index (χ3v) is 5.83. The number of ketones is 1. The number of amides is 1. The summed E-state index contributed by atoms with van der Waals surface area (Å²) in [5.41, 5.74) is 1.81. The van der Waals surface area contributed by atoms with E-state index in [1.807, 2.05) is 24.3 Å². The van der Waals surface area contributed by atoms with Crippen LogP contribution in [-0.4, -0.2) is 36.9 Å². The fraction of sp³-hybridized carbons (Fsp3) is 0.381. The van der Waals surface area contributed by atoms with E-state index in [-0.39, 0.29) is 5.78 Å². The van der Waals surface area contributed by atoms with Crippen LogP contribution < -0.4 is 10.2 Å². The summed E-state index contributed by atoms with van der Waals surface area (Å²) in [6.07, 6.45) is 2.75. The number of piperidine rings is 1. The van der Waals surface area contributed by atoms with E-state index in [2.05, 4.69) is 10.2 Å². The van der Waals surface area contributed by atoms with Crippen LogP contribution in [0.2, 0.25) is 0 Å². The van der Waals surface area contributed by atoms with Gasteiger partial charge in [0, 0.05) is 24.5 Å². The lowest BCUT2D eigenvalue weighted by Gasteiger charge is -2.28. The van der Waals surface area contributed by atoms with Crippen LogP contribution in [-0.2, 0) is 9.53 Å². The Hall–Kier alpha value is -2.67. The average molecular weight is 401 g/mol. The van der Waals surface area contributed by atoms with Gasteiger partial charge in [0.15, 0.2) is 11.9 Å². The molecule has 2 heterocycles. The summed E-state index contributed by atoms with van der Waals surface area (Å²) in [5, 5.41) is 2.77. The Morgan fingerprint density at radius 3 is 2.25 bits per heavy atom. The lowest BCUT2D eigenvalue weighted by molar-refractivity contribution is -0.123. The number of hydrogen-bond acceptors (Lipinski definition) is 6. The molecule has 1 aromatic carbocycles. The highest BCUT2D eigenvalue weighted by Crippen LogP contribution is 2.22. The van der Waals surface area contributed by atoms with Crippen molar-refractivity contribution in [1.82, 2.24) is 0 Å². The van der Waals surface area contributed by atoms with Crippen LogP contribution >= 0.6 is 11.3 Å². The molecule has 1 fully saturated rings. The molecule has 3 rings (SSSR count). The maximum atomic E-state index is 12.3. The molecular formula is C21H24N2O4S. The van der Waals surface area contributed by atoms with Gasteiger partial charge in [0.05, 0.1) is 4.88 Å². The number of nitrogens with one attached hydrogen (secondary N) is 1. The molecule has 2 aromatic rings. The number of benzene rings is 1. The van der Waals surface area contributed by atoms with Gasteiger partial charge in [-0.25, -0.2) is 4.79 Å². The van der Waals surface area contributed by atoms with Gasteiger partial charge >= 0.3 is 5.97 Å². The fourth-order valence-corrected chi connectivity index (χ4v) is 3.84. The maximum Gasteiger partial charge on any atom is 0.349 e. The first kappa shape index (κ1) is 20.1. The van der Waals surface area contributed by atoms with E-state index < -0.39 is 18.0 Å². The van der Waals surface area contributed by atoms with Crippen molar-refractivity contribution in [1.29, 1.82) is 0 Å². The molecule has 0 radical (unpaired) electrons. The normalized spacial score (nSPS) is 15.0. The SMILES string of the molecule is CC(=O)c1ccc(C(=O)O[C@@H](C)C(=O)Nc2ccc(N3CCCCC3)cc2)s1. The molecule has 7 heteroatoms. The molecule has 1 atom stereocenters. The molecule has 1 aliphatic rings. The molecule has 1 N–H and O–H groups in total. The number of Topliss-reactive ketones (excluding diaryl/α,β-unsaturated/α-hetero) is 1. The van der Waals surface area contributed by atoms with Crippen molar-refractivity contribution in [2.75, 3.05) is 23.3 Å². The van der Waals surface area contributed by atoms with Gasteiger partial charge in [0.25, 0.3) is 5.91 Å². The zero-order chi connectivity index (χ0) is 20.1. The molecular weight excluding hydrogens is 376 g/mol. The highest BCUT2D eigenvalue weighted by Gasteiger charge is 2.21. The Kier molecular flexibility index (Phi) is 6.46. The Morgan fingerprint density at radius 1 is 1.00 bits per heavy atom. The van der Waals surface area contributed by atoms with Crippen LogP contribution in [0.5, 0.6) is 0 Å². The van der Waals surface area contributed by atoms with Crippen LogP contribution in [0.4, 0.5) is 11.4 Å². The Bertz CT molecular complexity index is 854. The van der Waals surface area contributed by atoms with Crippen LogP contribution in [0.1, 0.15) is 52.5 Å². The van der Waals surface area contributed by atoms with Crippen LogP contribution in [0, 0.1) is 0 Å². The van der Waals surface area contributed by atoms with E-state index in [1.165, 1.54) is 39.2 Å². The van der Waals surface area contributed by atoms with Gasteiger partial charge in [0.2, 0.25) is 0 Å². The average Bonchev–Trinajstić information content (AvgIpc) is 3.20. The van der Waals surface area contributed by atoms with Gasteiger partial charge < -0.3 is 15.0 Å². The lowest BCUT2D eigenvalue weighted by atomic mass is 10.1. The minimum absolute atomic E-state index is 0.108. The van der Waals surface area contributed by atoms with E-state index >= 15 is 0 Å². The standard InChI is InChI=1S/C21H24N2O4S/c1-14(24)18-10-11-19(28-18)21(26)27-15(2)20(25)22-16-6-8-17(9-7-16)23-12-4-3-5-13-23/h6-11,15H,3-5,12-13H2,1-2H3,(H,22,25)/t15-/m0/s1. The van der Waals surface area contributed by atoms with E-state index in [4.69, 9.17) is 4.74 Å². The summed E-state index contributed by atoms with van der Waals surface area (Å²) in [6, 6.07) is 10.8. The predicted molar refractivity (Wildman–Crippen MR) is 110 cm³/mol. The Balaban J connectivity index is 1.54. The molecule has 6 nitrogen and oxygen atoms in total. The van der Waals surface area contributed by atoms with Crippen molar-refractivity contribution >= 4 is 40.4 Å². The van der Waals surface area contributed by atoms with Crippen molar-refractivity contribution in [3.8, 4) is 0 Å². The second kappa shape index (κ2) is 9.01. The van der Waals surface area contributed by atoms with Crippen molar-refractivity contribution < 1.29 is 19.1 Å². The van der Waals surface area contributed by atoms with E-state index in [0.717, 1.165) is 30.1 Å². The van der Waals surface area contributed by atoms with Gasteiger partial charge in [-0.1, -0.05) is 0 Å².